The Morgan fingerprint density at radius 1 is 1.03 bits per heavy atom. The van der Waals surface area contributed by atoms with Crippen molar-refractivity contribution in [2.75, 3.05) is 5.32 Å². The van der Waals surface area contributed by atoms with Crippen molar-refractivity contribution in [1.29, 1.82) is 0 Å². The maximum absolute atomic E-state index is 12.6. The molecule has 5 nitrogen and oxygen atoms in total. The molecule has 0 spiro atoms. The second-order valence-electron chi connectivity index (χ2n) is 7.01. The molecule has 1 amide bonds. The Kier molecular flexibility index (Phi) is 6.10. The van der Waals surface area contributed by atoms with Gasteiger partial charge in [0, 0.05) is 10.7 Å². The summed E-state index contributed by atoms with van der Waals surface area (Å²) in [5.41, 5.74) is 3.49. The van der Waals surface area contributed by atoms with Gasteiger partial charge in [-0.3, -0.25) is 4.79 Å². The Morgan fingerprint density at radius 3 is 2.58 bits per heavy atom. The van der Waals surface area contributed by atoms with E-state index in [2.05, 4.69) is 10.3 Å². The maximum atomic E-state index is 12.6. The minimum Gasteiger partial charge on any atom is -0.479 e. The van der Waals surface area contributed by atoms with Crippen LogP contribution in [0.5, 0.6) is 5.75 Å². The van der Waals surface area contributed by atoms with Crippen LogP contribution in [0.15, 0.2) is 59.0 Å². The summed E-state index contributed by atoms with van der Waals surface area (Å²) in [6.45, 7) is 3.59. The van der Waals surface area contributed by atoms with E-state index >= 15 is 0 Å². The number of oxazole rings is 1. The van der Waals surface area contributed by atoms with Gasteiger partial charge in [-0.05, 0) is 67.9 Å². The monoisotopic (exact) mass is 474 g/mol. The highest BCUT2D eigenvalue weighted by Gasteiger charge is 2.18. The van der Waals surface area contributed by atoms with E-state index in [0.717, 1.165) is 5.56 Å². The van der Waals surface area contributed by atoms with Crippen LogP contribution in [0.4, 0.5) is 5.69 Å². The molecule has 4 aromatic rings. The van der Waals surface area contributed by atoms with Crippen LogP contribution >= 0.6 is 34.8 Å². The number of ether oxygens (including phenoxy) is 1. The molecule has 0 radical (unpaired) electrons. The predicted molar refractivity (Wildman–Crippen MR) is 124 cm³/mol. The van der Waals surface area contributed by atoms with E-state index in [-0.39, 0.29) is 5.91 Å². The number of halogens is 3. The van der Waals surface area contributed by atoms with Crippen LogP contribution < -0.4 is 10.1 Å². The fourth-order valence-corrected chi connectivity index (χ4v) is 3.74. The number of aromatic nitrogens is 1. The van der Waals surface area contributed by atoms with Crippen LogP contribution in [0.25, 0.3) is 22.6 Å². The van der Waals surface area contributed by atoms with Crippen LogP contribution in [0.2, 0.25) is 15.1 Å². The topological polar surface area (TPSA) is 64.4 Å². The number of nitrogens with one attached hydrogen (secondary N) is 1. The summed E-state index contributed by atoms with van der Waals surface area (Å²) in [5, 5.41) is 4.19. The Morgan fingerprint density at radius 2 is 1.84 bits per heavy atom. The summed E-state index contributed by atoms with van der Waals surface area (Å²) < 4.78 is 11.5. The second-order valence-corrected chi connectivity index (χ2v) is 8.26. The van der Waals surface area contributed by atoms with Crippen molar-refractivity contribution in [3.63, 3.8) is 0 Å². The lowest BCUT2D eigenvalue weighted by Crippen LogP contribution is -2.30. The van der Waals surface area contributed by atoms with Crippen LogP contribution in [0.1, 0.15) is 12.5 Å². The molecule has 8 heteroatoms. The van der Waals surface area contributed by atoms with Crippen molar-refractivity contribution in [3.8, 4) is 17.2 Å². The Labute approximate surface area is 193 Å². The Hall–Kier alpha value is -2.73. The highest BCUT2D eigenvalue weighted by atomic mass is 35.5. The van der Waals surface area contributed by atoms with Gasteiger partial charge < -0.3 is 14.5 Å². The Bertz CT molecular complexity index is 1290. The molecule has 0 saturated heterocycles. The molecular weight excluding hydrogens is 459 g/mol. The van der Waals surface area contributed by atoms with Gasteiger partial charge in [0.2, 0.25) is 5.89 Å². The number of amides is 1. The van der Waals surface area contributed by atoms with Gasteiger partial charge in [0.15, 0.2) is 11.7 Å². The number of aryl methyl sites for hydroxylation is 1. The molecule has 158 valence electrons. The summed E-state index contributed by atoms with van der Waals surface area (Å²) in [4.78, 5) is 17.1. The number of rotatable bonds is 5. The molecule has 31 heavy (non-hydrogen) atoms. The van der Waals surface area contributed by atoms with Crippen molar-refractivity contribution < 1.29 is 13.9 Å². The molecular formula is C23H17Cl3N2O3. The average molecular weight is 476 g/mol. The summed E-state index contributed by atoms with van der Waals surface area (Å²) in [6, 6.07) is 15.7. The van der Waals surface area contributed by atoms with Crippen LogP contribution in [0.3, 0.4) is 0 Å². The zero-order chi connectivity index (χ0) is 22.1. The minimum absolute atomic E-state index is 0.332. The summed E-state index contributed by atoms with van der Waals surface area (Å²) in [5.74, 6) is 0.452. The highest BCUT2D eigenvalue weighted by Crippen LogP contribution is 2.32. The van der Waals surface area contributed by atoms with E-state index in [1.165, 1.54) is 0 Å². The number of nitrogens with zero attached hydrogens (tertiary/aromatic N) is 1. The van der Waals surface area contributed by atoms with Crippen molar-refractivity contribution in [3.05, 3.63) is 75.2 Å². The van der Waals surface area contributed by atoms with Crippen LogP contribution in [0, 0.1) is 6.92 Å². The fourth-order valence-electron chi connectivity index (χ4n) is 2.97. The third-order valence-corrected chi connectivity index (χ3v) is 5.42. The van der Waals surface area contributed by atoms with Crippen molar-refractivity contribution in [1.82, 2.24) is 4.98 Å². The lowest BCUT2D eigenvalue weighted by Gasteiger charge is -2.15. The quantitative estimate of drug-likeness (QED) is 0.332. The van der Waals surface area contributed by atoms with Crippen LogP contribution in [-0.4, -0.2) is 17.0 Å². The van der Waals surface area contributed by atoms with E-state index < -0.39 is 6.10 Å². The standard InChI is InChI=1S/C23H17Cl3N2O3/c1-12-3-6-16(17(25)9-12)23-28-19-11-15(5-8-21(19)31-23)27-22(29)13(2)30-20-7-4-14(24)10-18(20)26/h3-11,13H,1-2H3,(H,27,29). The molecule has 4 rings (SSSR count). The SMILES string of the molecule is Cc1ccc(-c2nc3cc(NC(=O)C(C)Oc4ccc(Cl)cc4Cl)ccc3o2)c(Cl)c1. The second kappa shape index (κ2) is 8.79. The smallest absolute Gasteiger partial charge is 0.265 e. The van der Waals surface area contributed by atoms with E-state index in [9.17, 15) is 4.79 Å². The van der Waals surface area contributed by atoms with Gasteiger partial charge in [0.25, 0.3) is 5.91 Å². The predicted octanol–water partition coefficient (Wildman–Crippen LogP) is 7.17. The average Bonchev–Trinajstić information content (AvgIpc) is 3.13. The third-order valence-electron chi connectivity index (χ3n) is 4.58. The Balaban J connectivity index is 1.51. The van der Waals surface area contributed by atoms with Crippen molar-refractivity contribution in [2.45, 2.75) is 20.0 Å². The van der Waals surface area contributed by atoms with Crippen molar-refractivity contribution in [2.24, 2.45) is 0 Å². The fraction of sp³-hybridized carbons (Fsp3) is 0.130. The molecule has 1 heterocycles. The number of hydrogen-bond donors (Lipinski definition) is 1. The number of benzene rings is 3. The van der Waals surface area contributed by atoms with E-state index in [0.29, 0.717) is 49.1 Å². The molecule has 1 atom stereocenters. The third kappa shape index (κ3) is 4.79. The van der Waals surface area contributed by atoms with Gasteiger partial charge in [0.05, 0.1) is 15.6 Å². The van der Waals surface area contributed by atoms with Gasteiger partial charge in [-0.25, -0.2) is 4.98 Å². The van der Waals surface area contributed by atoms with E-state index in [4.69, 9.17) is 44.0 Å². The molecule has 0 saturated carbocycles. The number of carbonyl (C=O) groups excluding carboxylic acids is 1. The molecule has 0 aliphatic carbocycles. The lowest BCUT2D eigenvalue weighted by molar-refractivity contribution is -0.122. The number of anilines is 1. The van der Waals surface area contributed by atoms with E-state index in [1.807, 2.05) is 25.1 Å². The first kappa shape index (κ1) is 21.5. The molecule has 0 bridgehead atoms. The molecule has 0 fully saturated rings. The minimum atomic E-state index is -0.784. The molecule has 1 N–H and O–H groups in total. The zero-order valence-corrected chi connectivity index (χ0v) is 18.8. The molecule has 0 aliphatic rings. The van der Waals surface area contributed by atoms with Gasteiger partial charge in [-0.2, -0.15) is 0 Å². The number of hydrogen-bond acceptors (Lipinski definition) is 4. The largest absolute Gasteiger partial charge is 0.479 e. The van der Waals surface area contributed by atoms with Gasteiger partial charge in [-0.15, -0.1) is 0 Å². The summed E-state index contributed by atoms with van der Waals surface area (Å²) >= 11 is 18.3. The number of fused-ring (bicyclic) bond motifs is 1. The summed E-state index contributed by atoms with van der Waals surface area (Å²) in [6.07, 6.45) is -0.784. The number of carbonyl (C=O) groups is 1. The van der Waals surface area contributed by atoms with E-state index in [1.54, 1.807) is 43.3 Å². The molecule has 0 aliphatic heterocycles. The van der Waals surface area contributed by atoms with Gasteiger partial charge in [-0.1, -0.05) is 40.9 Å². The highest BCUT2D eigenvalue weighted by molar-refractivity contribution is 6.35. The maximum Gasteiger partial charge on any atom is 0.265 e. The first-order valence-electron chi connectivity index (χ1n) is 9.40. The van der Waals surface area contributed by atoms with Gasteiger partial charge in [0.1, 0.15) is 11.3 Å². The summed E-state index contributed by atoms with van der Waals surface area (Å²) in [7, 11) is 0. The van der Waals surface area contributed by atoms with Gasteiger partial charge >= 0.3 is 0 Å². The molecule has 1 unspecified atom stereocenters. The molecule has 1 aromatic heterocycles. The van der Waals surface area contributed by atoms with Crippen LogP contribution in [-0.2, 0) is 4.79 Å². The first-order valence-corrected chi connectivity index (χ1v) is 10.5. The first-order chi connectivity index (χ1) is 14.8. The lowest BCUT2D eigenvalue weighted by atomic mass is 10.1. The zero-order valence-electron chi connectivity index (χ0n) is 16.6. The molecule has 3 aromatic carbocycles. The normalized spacial score (nSPS) is 12.0. The van der Waals surface area contributed by atoms with Crippen molar-refractivity contribution >= 4 is 57.5 Å².